The molecule has 0 heterocycles. The SMILES string of the molecule is CC(C)(CCO)CNC(=O)COCC(F)(F)F. The fourth-order valence-electron chi connectivity index (χ4n) is 1.04. The Morgan fingerprint density at radius 2 is 1.94 bits per heavy atom. The van der Waals surface area contributed by atoms with Crippen molar-refractivity contribution in [2.24, 2.45) is 5.41 Å². The van der Waals surface area contributed by atoms with Crippen molar-refractivity contribution in [1.29, 1.82) is 0 Å². The smallest absolute Gasteiger partial charge is 0.396 e. The van der Waals surface area contributed by atoms with E-state index in [1.54, 1.807) is 0 Å². The minimum atomic E-state index is -4.42. The van der Waals surface area contributed by atoms with Gasteiger partial charge in [0, 0.05) is 13.2 Å². The number of rotatable bonds is 7. The normalized spacial score (nSPS) is 12.6. The van der Waals surface area contributed by atoms with Crippen LogP contribution >= 0.6 is 0 Å². The molecule has 0 aliphatic rings. The fourth-order valence-corrected chi connectivity index (χ4v) is 1.04. The summed E-state index contributed by atoms with van der Waals surface area (Å²) >= 11 is 0. The Labute approximate surface area is 98.1 Å². The molecule has 0 aliphatic heterocycles. The summed E-state index contributed by atoms with van der Waals surface area (Å²) in [5.41, 5.74) is -0.297. The van der Waals surface area contributed by atoms with Crippen molar-refractivity contribution in [2.45, 2.75) is 26.4 Å². The molecule has 0 fully saturated rings. The van der Waals surface area contributed by atoms with E-state index in [1.807, 2.05) is 13.8 Å². The molecular weight excluding hydrogens is 239 g/mol. The number of carbonyl (C=O) groups excluding carboxylic acids is 1. The van der Waals surface area contributed by atoms with Gasteiger partial charge >= 0.3 is 6.18 Å². The predicted octanol–water partition coefficient (Wildman–Crippen LogP) is 1.09. The van der Waals surface area contributed by atoms with Crippen molar-refractivity contribution in [2.75, 3.05) is 26.4 Å². The van der Waals surface area contributed by atoms with Crippen LogP contribution in [0.15, 0.2) is 0 Å². The maximum Gasteiger partial charge on any atom is 0.411 e. The number of aliphatic hydroxyl groups is 1. The number of hydrogen-bond donors (Lipinski definition) is 2. The molecule has 17 heavy (non-hydrogen) atoms. The van der Waals surface area contributed by atoms with Crippen LogP contribution in [0.3, 0.4) is 0 Å². The van der Waals surface area contributed by atoms with E-state index in [2.05, 4.69) is 10.1 Å². The zero-order chi connectivity index (χ0) is 13.5. The summed E-state index contributed by atoms with van der Waals surface area (Å²) < 4.78 is 39.3. The van der Waals surface area contributed by atoms with Gasteiger partial charge in [-0.05, 0) is 11.8 Å². The molecule has 1 amide bonds. The van der Waals surface area contributed by atoms with Crippen LogP contribution < -0.4 is 5.32 Å². The van der Waals surface area contributed by atoms with Gasteiger partial charge in [0.25, 0.3) is 0 Å². The van der Waals surface area contributed by atoms with Gasteiger partial charge in [0.05, 0.1) is 0 Å². The van der Waals surface area contributed by atoms with E-state index < -0.39 is 25.3 Å². The Kier molecular flexibility index (Phi) is 6.48. The van der Waals surface area contributed by atoms with Crippen molar-refractivity contribution in [1.82, 2.24) is 5.32 Å². The van der Waals surface area contributed by atoms with Gasteiger partial charge in [-0.3, -0.25) is 4.79 Å². The Balaban J connectivity index is 3.73. The summed E-state index contributed by atoms with van der Waals surface area (Å²) in [6.45, 7) is 1.89. The molecule has 2 N–H and O–H groups in total. The highest BCUT2D eigenvalue weighted by molar-refractivity contribution is 5.77. The summed E-state index contributed by atoms with van der Waals surface area (Å²) in [4.78, 5) is 11.1. The summed E-state index contributed by atoms with van der Waals surface area (Å²) in [5, 5.41) is 11.2. The van der Waals surface area contributed by atoms with E-state index in [1.165, 1.54) is 0 Å². The fraction of sp³-hybridized carbons (Fsp3) is 0.900. The van der Waals surface area contributed by atoms with Crippen molar-refractivity contribution in [3.8, 4) is 0 Å². The molecule has 0 rings (SSSR count). The number of carbonyl (C=O) groups is 1. The minimum Gasteiger partial charge on any atom is -0.396 e. The van der Waals surface area contributed by atoms with Gasteiger partial charge in [0.2, 0.25) is 5.91 Å². The van der Waals surface area contributed by atoms with E-state index in [-0.39, 0.29) is 18.6 Å². The molecule has 0 radical (unpaired) electrons. The van der Waals surface area contributed by atoms with Crippen LogP contribution in [-0.2, 0) is 9.53 Å². The summed E-state index contributed by atoms with van der Waals surface area (Å²) in [7, 11) is 0. The zero-order valence-corrected chi connectivity index (χ0v) is 9.93. The number of ether oxygens (including phenoxy) is 1. The lowest BCUT2D eigenvalue weighted by Crippen LogP contribution is -2.37. The monoisotopic (exact) mass is 257 g/mol. The van der Waals surface area contributed by atoms with E-state index >= 15 is 0 Å². The number of nitrogens with one attached hydrogen (secondary N) is 1. The first-order valence-electron chi connectivity index (χ1n) is 5.18. The highest BCUT2D eigenvalue weighted by Gasteiger charge is 2.27. The number of hydrogen-bond acceptors (Lipinski definition) is 3. The lowest BCUT2D eigenvalue weighted by molar-refractivity contribution is -0.175. The van der Waals surface area contributed by atoms with Gasteiger partial charge in [0.1, 0.15) is 13.2 Å². The Morgan fingerprint density at radius 3 is 2.41 bits per heavy atom. The lowest BCUT2D eigenvalue weighted by atomic mass is 9.90. The van der Waals surface area contributed by atoms with Gasteiger partial charge in [-0.2, -0.15) is 13.2 Å². The maximum absolute atomic E-state index is 11.7. The van der Waals surface area contributed by atoms with Crippen LogP contribution in [0.1, 0.15) is 20.3 Å². The lowest BCUT2D eigenvalue weighted by Gasteiger charge is -2.23. The molecule has 4 nitrogen and oxygen atoms in total. The second kappa shape index (κ2) is 6.80. The number of aliphatic hydroxyl groups excluding tert-OH is 1. The summed E-state index contributed by atoms with van der Waals surface area (Å²) in [6.07, 6.45) is -3.92. The minimum absolute atomic E-state index is 0.00650. The Bertz CT molecular complexity index is 241. The third kappa shape index (κ3) is 10.1. The molecule has 0 saturated carbocycles. The van der Waals surface area contributed by atoms with Crippen LogP contribution in [0.25, 0.3) is 0 Å². The molecule has 0 aromatic carbocycles. The van der Waals surface area contributed by atoms with Crippen LogP contribution in [0.4, 0.5) is 13.2 Å². The van der Waals surface area contributed by atoms with Crippen molar-refractivity contribution < 1.29 is 27.8 Å². The molecule has 102 valence electrons. The Hall–Kier alpha value is -0.820. The highest BCUT2D eigenvalue weighted by Crippen LogP contribution is 2.18. The van der Waals surface area contributed by atoms with Crippen molar-refractivity contribution >= 4 is 5.91 Å². The first-order valence-corrected chi connectivity index (χ1v) is 5.18. The largest absolute Gasteiger partial charge is 0.411 e. The molecule has 0 saturated heterocycles. The van der Waals surface area contributed by atoms with Gasteiger partial charge in [0.15, 0.2) is 0 Å². The molecular formula is C10H18F3NO3. The number of amides is 1. The van der Waals surface area contributed by atoms with E-state index in [9.17, 15) is 18.0 Å². The van der Waals surface area contributed by atoms with Gasteiger partial charge in [-0.15, -0.1) is 0 Å². The molecule has 0 spiro atoms. The highest BCUT2D eigenvalue weighted by atomic mass is 19.4. The van der Waals surface area contributed by atoms with E-state index in [0.29, 0.717) is 6.42 Å². The van der Waals surface area contributed by atoms with Crippen LogP contribution in [0, 0.1) is 5.41 Å². The van der Waals surface area contributed by atoms with Crippen molar-refractivity contribution in [3.63, 3.8) is 0 Å². The predicted molar refractivity (Wildman–Crippen MR) is 55.4 cm³/mol. The topological polar surface area (TPSA) is 58.6 Å². The quantitative estimate of drug-likeness (QED) is 0.717. The van der Waals surface area contributed by atoms with Gasteiger partial charge in [-0.1, -0.05) is 13.8 Å². The second-order valence-electron chi connectivity index (χ2n) is 4.52. The molecule has 0 aromatic heterocycles. The van der Waals surface area contributed by atoms with Crippen LogP contribution in [0.5, 0.6) is 0 Å². The molecule has 0 atom stereocenters. The third-order valence-electron chi connectivity index (χ3n) is 2.05. The molecule has 0 aliphatic carbocycles. The standard InChI is InChI=1S/C10H18F3NO3/c1-9(2,3-4-15)6-14-8(16)5-17-7-10(11,12)13/h15H,3-7H2,1-2H3,(H,14,16). The molecule has 0 bridgehead atoms. The number of halogens is 3. The summed E-state index contributed by atoms with van der Waals surface area (Å²) in [6, 6.07) is 0. The number of alkyl halides is 3. The van der Waals surface area contributed by atoms with Crippen LogP contribution in [-0.4, -0.2) is 43.6 Å². The second-order valence-corrected chi connectivity index (χ2v) is 4.52. The van der Waals surface area contributed by atoms with E-state index in [0.717, 1.165) is 0 Å². The molecule has 0 unspecified atom stereocenters. The van der Waals surface area contributed by atoms with Crippen LogP contribution in [0.2, 0.25) is 0 Å². The first kappa shape index (κ1) is 16.2. The van der Waals surface area contributed by atoms with Crippen molar-refractivity contribution in [3.05, 3.63) is 0 Å². The third-order valence-corrected chi connectivity index (χ3v) is 2.05. The first-order chi connectivity index (χ1) is 7.66. The zero-order valence-electron chi connectivity index (χ0n) is 9.93. The summed E-state index contributed by atoms with van der Waals surface area (Å²) in [5.74, 6) is -0.597. The average Bonchev–Trinajstić information content (AvgIpc) is 2.13. The Morgan fingerprint density at radius 1 is 1.35 bits per heavy atom. The van der Waals surface area contributed by atoms with Gasteiger partial charge < -0.3 is 15.2 Å². The average molecular weight is 257 g/mol. The van der Waals surface area contributed by atoms with E-state index in [4.69, 9.17) is 5.11 Å². The molecule has 0 aromatic rings. The maximum atomic E-state index is 11.7. The molecule has 7 heteroatoms. The van der Waals surface area contributed by atoms with Gasteiger partial charge in [-0.25, -0.2) is 0 Å².